The number of thioether (sulfide) groups is 1. The van der Waals surface area contributed by atoms with Crippen LogP contribution in [-0.4, -0.2) is 53.3 Å². The molecule has 1 heterocycles. The minimum Gasteiger partial charge on any atom is -0.395 e. The molecule has 0 aromatic rings. The predicted molar refractivity (Wildman–Crippen MR) is 67.7 cm³/mol. The maximum Gasteiger partial charge on any atom is 0.318 e. The second-order valence-electron chi connectivity index (χ2n) is 3.82. The summed E-state index contributed by atoms with van der Waals surface area (Å²) < 4.78 is 0. The van der Waals surface area contributed by atoms with E-state index in [1.807, 2.05) is 11.8 Å². The highest BCUT2D eigenvalue weighted by molar-refractivity contribution is 7.99. The van der Waals surface area contributed by atoms with Gasteiger partial charge in [-0.2, -0.15) is 11.8 Å². The van der Waals surface area contributed by atoms with Crippen molar-refractivity contribution < 1.29 is 9.90 Å². The van der Waals surface area contributed by atoms with E-state index in [4.69, 9.17) is 5.11 Å². The third kappa shape index (κ3) is 4.45. The molecular formula is C11H20N2O2S. The predicted octanol–water partition coefficient (Wildman–Crippen LogP) is 1.07. The topological polar surface area (TPSA) is 52.6 Å². The molecule has 0 aromatic heterocycles. The molecule has 0 radical (unpaired) electrons. The van der Waals surface area contributed by atoms with Gasteiger partial charge < -0.3 is 15.3 Å². The SMILES string of the molecule is C=CCN(CCO)C(=O)NC1CCCSC1. The van der Waals surface area contributed by atoms with Crippen LogP contribution < -0.4 is 5.32 Å². The van der Waals surface area contributed by atoms with Crippen LogP contribution in [0.25, 0.3) is 0 Å². The number of hydrogen-bond acceptors (Lipinski definition) is 3. The van der Waals surface area contributed by atoms with Crippen molar-refractivity contribution >= 4 is 17.8 Å². The molecule has 1 rings (SSSR count). The summed E-state index contributed by atoms with van der Waals surface area (Å²) >= 11 is 1.88. The molecule has 2 amide bonds. The van der Waals surface area contributed by atoms with E-state index in [2.05, 4.69) is 11.9 Å². The Bertz CT molecular complexity index is 230. The Kier molecular flexibility index (Phi) is 6.33. The highest BCUT2D eigenvalue weighted by Crippen LogP contribution is 2.16. The molecule has 1 aliphatic heterocycles. The van der Waals surface area contributed by atoms with Crippen LogP contribution in [0.5, 0.6) is 0 Å². The molecule has 16 heavy (non-hydrogen) atoms. The van der Waals surface area contributed by atoms with E-state index in [0.29, 0.717) is 13.1 Å². The smallest absolute Gasteiger partial charge is 0.318 e. The van der Waals surface area contributed by atoms with Gasteiger partial charge in [-0.25, -0.2) is 4.79 Å². The molecule has 0 spiro atoms. The average Bonchev–Trinajstić information content (AvgIpc) is 2.30. The first-order chi connectivity index (χ1) is 7.77. The molecule has 4 nitrogen and oxygen atoms in total. The molecule has 1 atom stereocenters. The number of carbonyl (C=O) groups is 1. The van der Waals surface area contributed by atoms with Gasteiger partial charge in [0.05, 0.1) is 6.61 Å². The summed E-state index contributed by atoms with van der Waals surface area (Å²) in [6.45, 7) is 4.43. The molecule has 1 fully saturated rings. The van der Waals surface area contributed by atoms with Crippen LogP contribution in [0.2, 0.25) is 0 Å². The molecule has 5 heteroatoms. The highest BCUT2D eigenvalue weighted by atomic mass is 32.2. The Morgan fingerprint density at radius 2 is 2.50 bits per heavy atom. The second kappa shape index (κ2) is 7.57. The molecule has 1 unspecified atom stereocenters. The summed E-state index contributed by atoms with van der Waals surface area (Å²) in [5.74, 6) is 2.19. The molecule has 2 N–H and O–H groups in total. The summed E-state index contributed by atoms with van der Waals surface area (Å²) in [5.41, 5.74) is 0. The summed E-state index contributed by atoms with van der Waals surface area (Å²) in [5, 5.41) is 11.9. The Morgan fingerprint density at radius 3 is 3.06 bits per heavy atom. The highest BCUT2D eigenvalue weighted by Gasteiger charge is 2.18. The van der Waals surface area contributed by atoms with Gasteiger partial charge in [0.25, 0.3) is 0 Å². The summed E-state index contributed by atoms with van der Waals surface area (Å²) in [7, 11) is 0. The maximum absolute atomic E-state index is 11.8. The van der Waals surface area contributed by atoms with Crippen molar-refractivity contribution in [3.8, 4) is 0 Å². The lowest BCUT2D eigenvalue weighted by Gasteiger charge is -2.27. The van der Waals surface area contributed by atoms with Gasteiger partial charge >= 0.3 is 6.03 Å². The standard InChI is InChI=1S/C11H20N2O2S/c1-2-5-13(6-7-14)11(15)12-10-4-3-8-16-9-10/h2,10,14H,1,3-9H2,(H,12,15). The summed E-state index contributed by atoms with van der Waals surface area (Å²) in [6.07, 6.45) is 3.89. The van der Waals surface area contributed by atoms with Crippen LogP contribution in [0, 0.1) is 0 Å². The molecule has 0 bridgehead atoms. The zero-order valence-corrected chi connectivity index (χ0v) is 10.3. The van der Waals surface area contributed by atoms with Crippen molar-refractivity contribution in [2.45, 2.75) is 18.9 Å². The number of hydrogen-bond donors (Lipinski definition) is 2. The van der Waals surface area contributed by atoms with Crippen molar-refractivity contribution in [3.63, 3.8) is 0 Å². The molecule has 0 saturated carbocycles. The largest absolute Gasteiger partial charge is 0.395 e. The number of nitrogens with zero attached hydrogens (tertiary/aromatic N) is 1. The lowest BCUT2D eigenvalue weighted by Crippen LogP contribution is -2.47. The van der Waals surface area contributed by atoms with Crippen LogP contribution in [0.1, 0.15) is 12.8 Å². The quantitative estimate of drug-likeness (QED) is 0.711. The molecule has 1 aliphatic rings. The minimum absolute atomic E-state index is 0.0132. The summed E-state index contributed by atoms with van der Waals surface area (Å²) in [6, 6.07) is 0.179. The molecule has 92 valence electrons. The first kappa shape index (κ1) is 13.4. The van der Waals surface area contributed by atoms with Gasteiger partial charge in [0.1, 0.15) is 0 Å². The zero-order chi connectivity index (χ0) is 11.8. The first-order valence-corrected chi connectivity index (χ1v) is 6.78. The number of aliphatic hydroxyl groups is 1. The van der Waals surface area contributed by atoms with E-state index in [-0.39, 0.29) is 18.7 Å². The van der Waals surface area contributed by atoms with Crippen molar-refractivity contribution in [3.05, 3.63) is 12.7 Å². The van der Waals surface area contributed by atoms with Crippen molar-refractivity contribution in [1.82, 2.24) is 10.2 Å². The van der Waals surface area contributed by atoms with Crippen LogP contribution in [-0.2, 0) is 0 Å². The van der Waals surface area contributed by atoms with E-state index < -0.39 is 0 Å². The van der Waals surface area contributed by atoms with E-state index in [0.717, 1.165) is 18.6 Å². The molecule has 0 aromatic carbocycles. The fourth-order valence-electron chi connectivity index (χ4n) is 1.67. The number of aliphatic hydroxyl groups excluding tert-OH is 1. The van der Waals surface area contributed by atoms with Crippen molar-refractivity contribution in [1.29, 1.82) is 0 Å². The fourth-order valence-corrected chi connectivity index (χ4v) is 2.74. The number of carbonyl (C=O) groups excluding carboxylic acids is 1. The third-order valence-electron chi connectivity index (χ3n) is 2.49. The molecular weight excluding hydrogens is 224 g/mol. The van der Waals surface area contributed by atoms with E-state index in [9.17, 15) is 4.79 Å². The van der Waals surface area contributed by atoms with Gasteiger partial charge in [0.2, 0.25) is 0 Å². The number of nitrogens with one attached hydrogen (secondary N) is 1. The van der Waals surface area contributed by atoms with Crippen LogP contribution in [0.15, 0.2) is 12.7 Å². The van der Waals surface area contributed by atoms with Gasteiger partial charge in [-0.1, -0.05) is 6.08 Å². The van der Waals surface area contributed by atoms with E-state index in [1.54, 1.807) is 11.0 Å². The fraction of sp³-hybridized carbons (Fsp3) is 0.727. The van der Waals surface area contributed by atoms with Gasteiger partial charge in [-0.3, -0.25) is 0 Å². The first-order valence-electron chi connectivity index (χ1n) is 5.63. The van der Waals surface area contributed by atoms with Crippen LogP contribution >= 0.6 is 11.8 Å². The molecule has 1 saturated heterocycles. The third-order valence-corrected chi connectivity index (χ3v) is 3.71. The second-order valence-corrected chi connectivity index (χ2v) is 4.97. The summed E-state index contributed by atoms with van der Waals surface area (Å²) in [4.78, 5) is 13.4. The lowest BCUT2D eigenvalue weighted by atomic mass is 10.2. The average molecular weight is 244 g/mol. The number of rotatable bonds is 5. The van der Waals surface area contributed by atoms with Crippen LogP contribution in [0.4, 0.5) is 4.79 Å². The van der Waals surface area contributed by atoms with Crippen molar-refractivity contribution in [2.24, 2.45) is 0 Å². The van der Waals surface area contributed by atoms with Gasteiger partial charge in [0.15, 0.2) is 0 Å². The normalized spacial score (nSPS) is 20.2. The van der Waals surface area contributed by atoms with E-state index >= 15 is 0 Å². The van der Waals surface area contributed by atoms with Crippen LogP contribution in [0.3, 0.4) is 0 Å². The Hall–Kier alpha value is -0.680. The Morgan fingerprint density at radius 1 is 1.69 bits per heavy atom. The lowest BCUT2D eigenvalue weighted by molar-refractivity contribution is 0.180. The van der Waals surface area contributed by atoms with Gasteiger partial charge in [-0.15, -0.1) is 6.58 Å². The minimum atomic E-state index is -0.0959. The Balaban J connectivity index is 2.37. The zero-order valence-electron chi connectivity index (χ0n) is 9.52. The maximum atomic E-state index is 11.8. The van der Waals surface area contributed by atoms with Gasteiger partial charge in [-0.05, 0) is 18.6 Å². The number of urea groups is 1. The monoisotopic (exact) mass is 244 g/mol. The van der Waals surface area contributed by atoms with Crippen molar-refractivity contribution in [2.75, 3.05) is 31.2 Å². The molecule has 0 aliphatic carbocycles. The Labute approximate surface area is 101 Å². The van der Waals surface area contributed by atoms with Gasteiger partial charge in [0, 0.05) is 24.9 Å². The van der Waals surface area contributed by atoms with E-state index in [1.165, 1.54) is 5.75 Å². The number of amides is 2.